The summed E-state index contributed by atoms with van der Waals surface area (Å²) in [5.74, 6) is -0.194. The maximum atomic E-state index is 12.5. The summed E-state index contributed by atoms with van der Waals surface area (Å²) in [6.45, 7) is 5.80. The molecule has 0 atom stereocenters. The van der Waals surface area contributed by atoms with Gasteiger partial charge in [0.2, 0.25) is 0 Å². The maximum absolute atomic E-state index is 12.5. The fourth-order valence-electron chi connectivity index (χ4n) is 2.07. The van der Waals surface area contributed by atoms with E-state index in [1.807, 2.05) is 20.0 Å². The van der Waals surface area contributed by atoms with Gasteiger partial charge >= 0.3 is 0 Å². The van der Waals surface area contributed by atoms with Crippen molar-refractivity contribution in [2.45, 2.75) is 33.5 Å². The van der Waals surface area contributed by atoms with Gasteiger partial charge in [-0.1, -0.05) is 5.21 Å². The van der Waals surface area contributed by atoms with Crippen LogP contribution in [0.2, 0.25) is 0 Å². The van der Waals surface area contributed by atoms with E-state index in [0.29, 0.717) is 18.8 Å². The number of carbonyl (C=O) groups is 1. The molecule has 1 amide bonds. The van der Waals surface area contributed by atoms with Gasteiger partial charge in [-0.05, 0) is 13.8 Å². The van der Waals surface area contributed by atoms with Crippen LogP contribution in [0.5, 0.6) is 0 Å². The van der Waals surface area contributed by atoms with Gasteiger partial charge in [-0.15, -0.1) is 5.10 Å². The molecule has 0 aliphatic carbocycles. The minimum absolute atomic E-state index is 0.0959. The van der Waals surface area contributed by atoms with E-state index in [2.05, 4.69) is 15.4 Å². The van der Waals surface area contributed by atoms with Crippen LogP contribution >= 0.6 is 0 Å². The lowest BCUT2D eigenvalue weighted by molar-refractivity contribution is 0.0695. The van der Waals surface area contributed by atoms with Crippen LogP contribution in [0, 0.1) is 0 Å². The molecule has 2 aromatic rings. The summed E-state index contributed by atoms with van der Waals surface area (Å²) in [6, 6.07) is 0. The van der Waals surface area contributed by atoms with E-state index < -0.39 is 0 Å². The predicted octanol–water partition coefficient (Wildman–Crippen LogP) is 0.149. The van der Waals surface area contributed by atoms with Crippen molar-refractivity contribution in [1.29, 1.82) is 0 Å². The van der Waals surface area contributed by atoms with Crippen molar-refractivity contribution in [1.82, 2.24) is 29.7 Å². The number of aliphatic hydroxyl groups excluding tert-OH is 1. The SMILES string of the molecule is CCn1cc(CN(CCO)C(=O)c2cnnn2CC)cn1. The topological polar surface area (TPSA) is 89.1 Å². The second-order valence-corrected chi connectivity index (χ2v) is 4.59. The molecule has 0 saturated carbocycles. The molecular weight excluding hydrogens is 272 g/mol. The second kappa shape index (κ2) is 6.98. The van der Waals surface area contributed by atoms with Gasteiger partial charge < -0.3 is 10.0 Å². The molecule has 2 heterocycles. The molecule has 2 rings (SSSR count). The molecule has 21 heavy (non-hydrogen) atoms. The van der Waals surface area contributed by atoms with E-state index in [1.165, 1.54) is 6.20 Å². The van der Waals surface area contributed by atoms with Crippen LogP contribution in [0.1, 0.15) is 29.9 Å². The third-order valence-corrected chi connectivity index (χ3v) is 3.18. The van der Waals surface area contributed by atoms with Crippen LogP contribution in [0.15, 0.2) is 18.6 Å². The summed E-state index contributed by atoms with van der Waals surface area (Å²) in [7, 11) is 0. The molecule has 0 unspecified atom stereocenters. The average Bonchev–Trinajstić information content (AvgIpc) is 3.14. The first-order chi connectivity index (χ1) is 10.2. The highest BCUT2D eigenvalue weighted by atomic mass is 16.3. The smallest absolute Gasteiger partial charge is 0.274 e. The van der Waals surface area contributed by atoms with Crippen LogP contribution in [0.25, 0.3) is 0 Å². The van der Waals surface area contributed by atoms with Crippen LogP contribution in [0.4, 0.5) is 0 Å². The fraction of sp³-hybridized carbons (Fsp3) is 0.538. The Morgan fingerprint density at radius 1 is 1.33 bits per heavy atom. The minimum atomic E-state index is -0.194. The van der Waals surface area contributed by atoms with Crippen molar-refractivity contribution in [3.8, 4) is 0 Å². The summed E-state index contributed by atoms with van der Waals surface area (Å²) < 4.78 is 3.34. The van der Waals surface area contributed by atoms with Crippen LogP contribution in [0.3, 0.4) is 0 Å². The third-order valence-electron chi connectivity index (χ3n) is 3.18. The Labute approximate surface area is 123 Å². The number of carbonyl (C=O) groups excluding carboxylic acids is 1. The molecule has 0 aromatic carbocycles. The van der Waals surface area contributed by atoms with Crippen LogP contribution in [-0.4, -0.2) is 53.8 Å². The van der Waals surface area contributed by atoms with Gasteiger partial charge in [0.1, 0.15) is 5.69 Å². The summed E-state index contributed by atoms with van der Waals surface area (Å²) in [5.41, 5.74) is 1.35. The van der Waals surface area contributed by atoms with Gasteiger partial charge in [-0.25, -0.2) is 4.68 Å². The number of aliphatic hydroxyl groups is 1. The fourth-order valence-corrected chi connectivity index (χ4v) is 2.07. The molecule has 8 heteroatoms. The van der Waals surface area contributed by atoms with Crippen molar-refractivity contribution < 1.29 is 9.90 Å². The molecule has 1 N–H and O–H groups in total. The quantitative estimate of drug-likeness (QED) is 0.784. The largest absolute Gasteiger partial charge is 0.395 e. The average molecular weight is 292 g/mol. The van der Waals surface area contributed by atoms with Crippen LogP contribution in [-0.2, 0) is 19.6 Å². The Balaban J connectivity index is 2.16. The van der Waals surface area contributed by atoms with Gasteiger partial charge in [0.15, 0.2) is 0 Å². The highest BCUT2D eigenvalue weighted by Gasteiger charge is 2.20. The number of rotatable bonds is 7. The van der Waals surface area contributed by atoms with Crippen molar-refractivity contribution in [3.63, 3.8) is 0 Å². The van der Waals surface area contributed by atoms with Crippen molar-refractivity contribution in [2.24, 2.45) is 0 Å². The third kappa shape index (κ3) is 3.46. The van der Waals surface area contributed by atoms with Gasteiger partial charge in [0.25, 0.3) is 5.91 Å². The summed E-state index contributed by atoms with van der Waals surface area (Å²) in [5, 5.41) is 21.0. The summed E-state index contributed by atoms with van der Waals surface area (Å²) in [6.07, 6.45) is 5.08. The number of hydrogen-bond donors (Lipinski definition) is 1. The first-order valence-electron chi connectivity index (χ1n) is 6.99. The molecule has 0 aliphatic heterocycles. The van der Waals surface area contributed by atoms with Crippen molar-refractivity contribution in [3.05, 3.63) is 29.8 Å². The normalized spacial score (nSPS) is 10.8. The molecule has 8 nitrogen and oxygen atoms in total. The molecular formula is C13H20N6O2. The van der Waals surface area contributed by atoms with E-state index in [4.69, 9.17) is 0 Å². The first kappa shape index (κ1) is 15.2. The van der Waals surface area contributed by atoms with Crippen molar-refractivity contribution in [2.75, 3.05) is 13.2 Å². The minimum Gasteiger partial charge on any atom is -0.395 e. The molecule has 0 bridgehead atoms. The van der Waals surface area contributed by atoms with Gasteiger partial charge in [-0.3, -0.25) is 9.48 Å². The Kier molecular flexibility index (Phi) is 5.04. The standard InChI is InChI=1S/C13H20N6O2/c1-3-18-10-11(7-15-18)9-17(5-6-20)13(21)12-8-14-16-19(12)4-2/h7-8,10,20H,3-6,9H2,1-2H3. The molecule has 0 spiro atoms. The summed E-state index contributed by atoms with van der Waals surface area (Å²) in [4.78, 5) is 14.1. The Hall–Kier alpha value is -2.22. The molecule has 0 fully saturated rings. The number of nitrogens with zero attached hydrogens (tertiary/aromatic N) is 6. The monoisotopic (exact) mass is 292 g/mol. The molecule has 0 radical (unpaired) electrons. The van der Waals surface area contributed by atoms with Crippen molar-refractivity contribution >= 4 is 5.91 Å². The van der Waals surface area contributed by atoms with E-state index in [9.17, 15) is 9.90 Å². The van der Waals surface area contributed by atoms with Gasteiger partial charge in [0.05, 0.1) is 19.0 Å². The number of aryl methyl sites for hydroxylation is 2. The van der Waals surface area contributed by atoms with E-state index in [0.717, 1.165) is 12.1 Å². The maximum Gasteiger partial charge on any atom is 0.274 e. The zero-order valence-corrected chi connectivity index (χ0v) is 12.3. The second-order valence-electron chi connectivity index (χ2n) is 4.59. The number of aromatic nitrogens is 5. The van der Waals surface area contributed by atoms with Crippen LogP contribution < -0.4 is 0 Å². The van der Waals surface area contributed by atoms with E-state index in [1.54, 1.807) is 20.5 Å². The lowest BCUT2D eigenvalue weighted by Crippen LogP contribution is -2.34. The molecule has 0 aliphatic rings. The van der Waals surface area contributed by atoms with Gasteiger partial charge in [-0.2, -0.15) is 5.10 Å². The lowest BCUT2D eigenvalue weighted by Gasteiger charge is -2.21. The highest BCUT2D eigenvalue weighted by Crippen LogP contribution is 2.09. The predicted molar refractivity (Wildman–Crippen MR) is 75.4 cm³/mol. The summed E-state index contributed by atoms with van der Waals surface area (Å²) >= 11 is 0. The van der Waals surface area contributed by atoms with Gasteiger partial charge in [0, 0.05) is 37.9 Å². The number of amides is 1. The zero-order chi connectivity index (χ0) is 15.2. The first-order valence-corrected chi connectivity index (χ1v) is 6.99. The van der Waals surface area contributed by atoms with E-state index in [-0.39, 0.29) is 19.1 Å². The molecule has 114 valence electrons. The highest BCUT2D eigenvalue weighted by molar-refractivity contribution is 5.92. The Bertz CT molecular complexity index is 591. The Morgan fingerprint density at radius 2 is 2.14 bits per heavy atom. The zero-order valence-electron chi connectivity index (χ0n) is 12.3. The Morgan fingerprint density at radius 3 is 2.76 bits per heavy atom. The molecule has 2 aromatic heterocycles. The molecule has 0 saturated heterocycles. The lowest BCUT2D eigenvalue weighted by atomic mass is 10.3. The number of hydrogen-bond acceptors (Lipinski definition) is 5. The van der Waals surface area contributed by atoms with E-state index >= 15 is 0 Å².